The van der Waals surface area contributed by atoms with E-state index in [1.165, 1.54) is 36.2 Å². The van der Waals surface area contributed by atoms with Gasteiger partial charge in [-0.05, 0) is 32.0 Å². The standard InChI is InChI=1S/C26H30FN3O5/c1-16-13-30(17(2)15-31)26(34)21-11-19(10-9-18(3)32)12-28-24(21)35-23(16)14-29(4)25(33)20-7-5-6-8-22(20)27/h5-8,11-12,16-18,23,31-32H,13-15H2,1-4H3/t16-,17-,18+,23+/m1/s1. The highest BCUT2D eigenvalue weighted by Gasteiger charge is 2.35. The molecule has 0 bridgehead atoms. The number of amides is 2. The summed E-state index contributed by atoms with van der Waals surface area (Å²) in [4.78, 5) is 33.5. The molecule has 1 aromatic carbocycles. The topological polar surface area (TPSA) is 103 Å². The maximum absolute atomic E-state index is 14.2. The van der Waals surface area contributed by atoms with Gasteiger partial charge in [0.15, 0.2) is 0 Å². The predicted molar refractivity (Wildman–Crippen MR) is 127 cm³/mol. The summed E-state index contributed by atoms with van der Waals surface area (Å²) in [7, 11) is 1.56. The smallest absolute Gasteiger partial charge is 0.259 e. The SMILES string of the molecule is C[C@H](O)C#Cc1cnc2c(c1)C(=O)N([C@H](C)CO)C[C@@H](C)[C@H](CN(C)C(=O)c1ccccc1F)O2. The molecule has 35 heavy (non-hydrogen) atoms. The maximum atomic E-state index is 14.2. The third-order valence-corrected chi connectivity index (χ3v) is 5.85. The summed E-state index contributed by atoms with van der Waals surface area (Å²) in [6.07, 6.45) is 0.0271. The van der Waals surface area contributed by atoms with Crippen LogP contribution in [0.1, 0.15) is 47.1 Å². The summed E-state index contributed by atoms with van der Waals surface area (Å²) in [6.45, 7) is 5.28. The minimum Gasteiger partial charge on any atom is -0.472 e. The summed E-state index contributed by atoms with van der Waals surface area (Å²) in [5, 5.41) is 19.2. The van der Waals surface area contributed by atoms with Gasteiger partial charge in [0.1, 0.15) is 23.6 Å². The molecule has 0 saturated heterocycles. The number of ether oxygens (including phenoxy) is 1. The second-order valence-corrected chi connectivity index (χ2v) is 8.81. The van der Waals surface area contributed by atoms with E-state index in [-0.39, 0.29) is 48.5 Å². The number of nitrogens with zero attached hydrogens (tertiary/aromatic N) is 3. The van der Waals surface area contributed by atoms with Crippen LogP contribution in [-0.2, 0) is 0 Å². The van der Waals surface area contributed by atoms with Crippen LogP contribution in [0.15, 0.2) is 36.5 Å². The van der Waals surface area contributed by atoms with E-state index in [0.717, 1.165) is 0 Å². The summed E-state index contributed by atoms with van der Waals surface area (Å²) in [6, 6.07) is 6.83. The van der Waals surface area contributed by atoms with E-state index in [1.54, 1.807) is 31.0 Å². The molecular formula is C26H30FN3O5. The highest BCUT2D eigenvalue weighted by atomic mass is 19.1. The van der Waals surface area contributed by atoms with Gasteiger partial charge in [0.2, 0.25) is 5.88 Å². The van der Waals surface area contributed by atoms with Gasteiger partial charge >= 0.3 is 0 Å². The van der Waals surface area contributed by atoms with Crippen molar-refractivity contribution in [1.29, 1.82) is 0 Å². The summed E-state index contributed by atoms with van der Waals surface area (Å²) >= 11 is 0. The molecular weight excluding hydrogens is 453 g/mol. The number of hydrogen-bond acceptors (Lipinski definition) is 6. The zero-order valence-electron chi connectivity index (χ0n) is 20.2. The normalized spacial score (nSPS) is 19.3. The molecule has 186 valence electrons. The van der Waals surface area contributed by atoms with Gasteiger partial charge in [0.25, 0.3) is 11.8 Å². The first-order valence-corrected chi connectivity index (χ1v) is 11.4. The monoisotopic (exact) mass is 483 g/mol. The van der Waals surface area contributed by atoms with Crippen molar-refractivity contribution in [2.24, 2.45) is 5.92 Å². The van der Waals surface area contributed by atoms with E-state index >= 15 is 0 Å². The fourth-order valence-corrected chi connectivity index (χ4v) is 3.77. The molecule has 1 aromatic heterocycles. The molecule has 2 aromatic rings. The highest BCUT2D eigenvalue weighted by molar-refractivity contribution is 5.97. The zero-order valence-corrected chi connectivity index (χ0v) is 20.2. The number of fused-ring (bicyclic) bond motifs is 1. The van der Waals surface area contributed by atoms with E-state index in [0.29, 0.717) is 5.56 Å². The molecule has 0 unspecified atom stereocenters. The Balaban J connectivity index is 1.96. The Kier molecular flexibility index (Phi) is 8.43. The quantitative estimate of drug-likeness (QED) is 0.631. The Morgan fingerprint density at radius 2 is 2.09 bits per heavy atom. The van der Waals surface area contributed by atoms with Gasteiger partial charge in [-0.25, -0.2) is 9.37 Å². The molecule has 9 heteroatoms. The Bertz CT molecular complexity index is 1140. The Morgan fingerprint density at radius 1 is 1.37 bits per heavy atom. The molecule has 4 atom stereocenters. The van der Waals surface area contributed by atoms with Crippen LogP contribution in [0.3, 0.4) is 0 Å². The van der Waals surface area contributed by atoms with Crippen molar-refractivity contribution >= 4 is 11.8 Å². The van der Waals surface area contributed by atoms with Gasteiger partial charge in [-0.15, -0.1) is 0 Å². The zero-order chi connectivity index (χ0) is 25.7. The molecule has 2 heterocycles. The van der Waals surface area contributed by atoms with E-state index < -0.39 is 30.0 Å². The molecule has 1 aliphatic rings. The fourth-order valence-electron chi connectivity index (χ4n) is 3.77. The van der Waals surface area contributed by atoms with E-state index in [1.807, 2.05) is 6.92 Å². The number of hydrogen-bond donors (Lipinski definition) is 2. The number of aliphatic hydroxyl groups excluding tert-OH is 2. The van der Waals surface area contributed by atoms with Crippen LogP contribution < -0.4 is 4.74 Å². The lowest BCUT2D eigenvalue weighted by molar-refractivity contribution is 0.0312. The Morgan fingerprint density at radius 3 is 2.74 bits per heavy atom. The Labute approximate surface area is 204 Å². The molecule has 0 saturated carbocycles. The van der Waals surface area contributed by atoms with Crippen LogP contribution >= 0.6 is 0 Å². The number of pyridine rings is 1. The first kappa shape index (κ1) is 26.1. The van der Waals surface area contributed by atoms with Gasteiger partial charge in [-0.2, -0.15) is 0 Å². The first-order chi connectivity index (χ1) is 16.6. The number of aromatic nitrogens is 1. The van der Waals surface area contributed by atoms with Crippen molar-refractivity contribution in [1.82, 2.24) is 14.8 Å². The number of carbonyl (C=O) groups excluding carboxylic acids is 2. The third-order valence-electron chi connectivity index (χ3n) is 5.85. The average molecular weight is 484 g/mol. The molecule has 1 aliphatic heterocycles. The number of halogens is 1. The van der Waals surface area contributed by atoms with Crippen LogP contribution in [0.25, 0.3) is 0 Å². The van der Waals surface area contributed by atoms with Crippen LogP contribution in [0.4, 0.5) is 4.39 Å². The molecule has 0 fully saturated rings. The van der Waals surface area contributed by atoms with E-state index in [2.05, 4.69) is 16.8 Å². The summed E-state index contributed by atoms with van der Waals surface area (Å²) in [5.74, 6) is 3.76. The van der Waals surface area contributed by atoms with Gasteiger partial charge in [-0.3, -0.25) is 9.59 Å². The van der Waals surface area contributed by atoms with Crippen LogP contribution in [-0.4, -0.2) is 81.8 Å². The van der Waals surface area contributed by atoms with Gasteiger partial charge in [0.05, 0.1) is 24.8 Å². The molecule has 2 N–H and O–H groups in total. The number of aliphatic hydroxyl groups is 2. The van der Waals surface area contributed by atoms with E-state index in [4.69, 9.17) is 4.74 Å². The van der Waals surface area contributed by atoms with Crippen molar-refractivity contribution in [3.8, 4) is 17.7 Å². The first-order valence-electron chi connectivity index (χ1n) is 11.4. The lowest BCUT2D eigenvalue weighted by Crippen LogP contribution is -2.50. The van der Waals surface area contributed by atoms with Gasteiger partial charge in [0, 0.05) is 31.3 Å². The lowest BCUT2D eigenvalue weighted by Gasteiger charge is -2.37. The molecule has 3 rings (SSSR count). The Hall–Kier alpha value is -3.48. The third kappa shape index (κ3) is 6.15. The minimum absolute atomic E-state index is 0.0425. The highest BCUT2D eigenvalue weighted by Crippen LogP contribution is 2.27. The van der Waals surface area contributed by atoms with Crippen molar-refractivity contribution in [3.63, 3.8) is 0 Å². The second kappa shape index (κ2) is 11.3. The summed E-state index contributed by atoms with van der Waals surface area (Å²) in [5.41, 5.74) is 0.553. The second-order valence-electron chi connectivity index (χ2n) is 8.81. The van der Waals surface area contributed by atoms with E-state index in [9.17, 15) is 24.2 Å². The average Bonchev–Trinajstić information content (AvgIpc) is 2.84. The minimum atomic E-state index is -0.845. The van der Waals surface area contributed by atoms with Gasteiger partial charge < -0.3 is 24.7 Å². The van der Waals surface area contributed by atoms with Crippen molar-refractivity contribution < 1.29 is 28.9 Å². The molecule has 0 aliphatic carbocycles. The summed E-state index contributed by atoms with van der Waals surface area (Å²) < 4.78 is 20.3. The van der Waals surface area contributed by atoms with Crippen molar-refractivity contribution in [2.45, 2.75) is 39.0 Å². The number of rotatable bonds is 5. The van der Waals surface area contributed by atoms with Crippen molar-refractivity contribution in [2.75, 3.05) is 26.7 Å². The molecule has 8 nitrogen and oxygen atoms in total. The number of likely N-dealkylation sites (N-methyl/N-ethyl adjacent to an activating group) is 1. The largest absolute Gasteiger partial charge is 0.472 e. The maximum Gasteiger partial charge on any atom is 0.259 e. The van der Waals surface area contributed by atoms with Crippen LogP contribution in [0, 0.1) is 23.6 Å². The number of carbonyl (C=O) groups is 2. The van der Waals surface area contributed by atoms with Crippen LogP contribution in [0.5, 0.6) is 5.88 Å². The number of benzene rings is 1. The molecule has 0 spiro atoms. The lowest BCUT2D eigenvalue weighted by atomic mass is 9.99. The molecule has 0 radical (unpaired) electrons. The predicted octanol–water partition coefficient (Wildman–Crippen LogP) is 1.95. The van der Waals surface area contributed by atoms with Crippen LogP contribution in [0.2, 0.25) is 0 Å². The molecule has 2 amide bonds. The van der Waals surface area contributed by atoms with Gasteiger partial charge in [-0.1, -0.05) is 30.9 Å². The van der Waals surface area contributed by atoms with Crippen molar-refractivity contribution in [3.05, 3.63) is 59.0 Å². The fraction of sp³-hybridized carbons (Fsp3) is 0.423.